The molecule has 2 aromatic carbocycles. The van der Waals surface area contributed by atoms with E-state index in [1.165, 1.54) is 0 Å². The van der Waals surface area contributed by atoms with Gasteiger partial charge < -0.3 is 9.84 Å². The molecule has 108 valence electrons. The Labute approximate surface area is 130 Å². The average Bonchev–Trinajstić information content (AvgIpc) is 2.47. The van der Waals surface area contributed by atoms with Gasteiger partial charge in [0.25, 0.3) is 0 Å². The van der Waals surface area contributed by atoms with Crippen LogP contribution in [0.3, 0.4) is 0 Å². The number of hydrogen-bond donors (Lipinski definition) is 1. The van der Waals surface area contributed by atoms with E-state index in [-0.39, 0.29) is 6.61 Å². The monoisotopic (exact) mass is 300 g/mol. The molecule has 0 aromatic heterocycles. The molecular weight excluding hydrogens is 284 g/mol. The molecule has 0 bridgehead atoms. The number of hydrogen-bond acceptors (Lipinski definition) is 2. The zero-order valence-corrected chi connectivity index (χ0v) is 12.7. The fourth-order valence-corrected chi connectivity index (χ4v) is 2.12. The van der Waals surface area contributed by atoms with Gasteiger partial charge >= 0.3 is 0 Å². The van der Waals surface area contributed by atoms with Gasteiger partial charge in [-0.25, -0.2) is 0 Å². The first-order chi connectivity index (χ1) is 10.2. The van der Waals surface area contributed by atoms with Crippen molar-refractivity contribution in [3.8, 4) is 17.6 Å². The lowest BCUT2D eigenvalue weighted by Crippen LogP contribution is -1.97. The van der Waals surface area contributed by atoms with E-state index >= 15 is 0 Å². The fraction of sp³-hybridized carbons (Fsp3) is 0.222. The molecule has 0 saturated heterocycles. The first-order valence-corrected chi connectivity index (χ1v) is 7.14. The third kappa shape index (κ3) is 4.82. The van der Waals surface area contributed by atoms with Crippen LogP contribution < -0.4 is 4.74 Å². The Kier molecular flexibility index (Phi) is 5.68. The van der Waals surface area contributed by atoms with Gasteiger partial charge in [-0.05, 0) is 48.4 Å². The van der Waals surface area contributed by atoms with E-state index in [0.29, 0.717) is 18.1 Å². The van der Waals surface area contributed by atoms with Crippen LogP contribution in [0.2, 0.25) is 5.02 Å². The molecule has 21 heavy (non-hydrogen) atoms. The standard InChI is InChI=1S/C18H17ClO2/c1-14-11-17(19)8-9-18(14)21-13-16-7-4-6-15(12-16)5-2-3-10-20/h4,6-9,11-12,20H,3,10,13H2,1H3. The van der Waals surface area contributed by atoms with Crippen LogP contribution in [-0.4, -0.2) is 11.7 Å². The molecule has 2 rings (SSSR count). The lowest BCUT2D eigenvalue weighted by atomic mass is 10.1. The maximum absolute atomic E-state index is 8.72. The first-order valence-electron chi connectivity index (χ1n) is 6.76. The van der Waals surface area contributed by atoms with E-state index in [4.69, 9.17) is 21.4 Å². The van der Waals surface area contributed by atoms with Crippen LogP contribution in [0.5, 0.6) is 5.75 Å². The Morgan fingerprint density at radius 1 is 1.19 bits per heavy atom. The lowest BCUT2D eigenvalue weighted by molar-refractivity contribution is 0.304. The molecule has 0 atom stereocenters. The minimum Gasteiger partial charge on any atom is -0.489 e. The summed E-state index contributed by atoms with van der Waals surface area (Å²) in [5.74, 6) is 6.76. The smallest absolute Gasteiger partial charge is 0.122 e. The molecule has 0 radical (unpaired) electrons. The van der Waals surface area contributed by atoms with Gasteiger partial charge in [0.15, 0.2) is 0 Å². The van der Waals surface area contributed by atoms with Gasteiger partial charge in [-0.2, -0.15) is 0 Å². The van der Waals surface area contributed by atoms with Gasteiger partial charge in [0.2, 0.25) is 0 Å². The van der Waals surface area contributed by atoms with Gasteiger partial charge in [0, 0.05) is 17.0 Å². The van der Waals surface area contributed by atoms with E-state index in [2.05, 4.69) is 11.8 Å². The molecule has 2 aromatic rings. The summed E-state index contributed by atoms with van der Waals surface area (Å²) in [7, 11) is 0. The van der Waals surface area contributed by atoms with Crippen molar-refractivity contribution in [1.82, 2.24) is 0 Å². The SMILES string of the molecule is Cc1cc(Cl)ccc1OCc1cccc(C#CCCO)c1. The number of ether oxygens (including phenoxy) is 1. The van der Waals surface area contributed by atoms with E-state index < -0.39 is 0 Å². The predicted octanol–water partition coefficient (Wildman–Crippen LogP) is 3.96. The van der Waals surface area contributed by atoms with Gasteiger partial charge in [-0.3, -0.25) is 0 Å². The predicted molar refractivity (Wildman–Crippen MR) is 85.5 cm³/mol. The zero-order chi connectivity index (χ0) is 15.1. The van der Waals surface area contributed by atoms with Crippen LogP contribution in [0.15, 0.2) is 42.5 Å². The maximum Gasteiger partial charge on any atom is 0.122 e. The Hall–Kier alpha value is -1.95. The van der Waals surface area contributed by atoms with Crippen LogP contribution in [0.25, 0.3) is 0 Å². The highest BCUT2D eigenvalue weighted by atomic mass is 35.5. The Morgan fingerprint density at radius 2 is 2.05 bits per heavy atom. The molecule has 0 saturated carbocycles. The summed E-state index contributed by atoms with van der Waals surface area (Å²) in [5, 5.41) is 9.43. The molecular formula is C18H17ClO2. The highest BCUT2D eigenvalue weighted by molar-refractivity contribution is 6.30. The molecule has 0 fully saturated rings. The molecule has 0 heterocycles. The van der Waals surface area contributed by atoms with Crippen molar-refractivity contribution in [2.45, 2.75) is 20.0 Å². The van der Waals surface area contributed by atoms with Crippen molar-refractivity contribution in [3.05, 3.63) is 64.2 Å². The third-order valence-corrected chi connectivity index (χ3v) is 3.16. The molecule has 0 aliphatic rings. The third-order valence-electron chi connectivity index (χ3n) is 2.93. The molecule has 0 spiro atoms. The summed E-state index contributed by atoms with van der Waals surface area (Å²) in [5.41, 5.74) is 3.00. The van der Waals surface area contributed by atoms with Crippen LogP contribution in [0.4, 0.5) is 0 Å². The number of aliphatic hydroxyl groups is 1. The number of rotatable bonds is 4. The topological polar surface area (TPSA) is 29.5 Å². The van der Waals surface area contributed by atoms with Crippen LogP contribution in [0, 0.1) is 18.8 Å². The highest BCUT2D eigenvalue weighted by Gasteiger charge is 2.01. The summed E-state index contributed by atoms with van der Waals surface area (Å²) in [6.07, 6.45) is 0.491. The number of aliphatic hydroxyl groups excluding tert-OH is 1. The van der Waals surface area contributed by atoms with Crippen molar-refractivity contribution in [2.75, 3.05) is 6.61 Å². The molecule has 0 unspecified atom stereocenters. The number of benzene rings is 2. The second-order valence-electron chi connectivity index (χ2n) is 4.67. The second-order valence-corrected chi connectivity index (χ2v) is 5.11. The van der Waals surface area contributed by atoms with Crippen molar-refractivity contribution in [2.24, 2.45) is 0 Å². The Morgan fingerprint density at radius 3 is 2.81 bits per heavy atom. The Bertz CT molecular complexity index is 668. The number of aryl methyl sites for hydroxylation is 1. The lowest BCUT2D eigenvalue weighted by Gasteiger charge is -2.09. The minimum absolute atomic E-state index is 0.0889. The number of halogens is 1. The zero-order valence-electron chi connectivity index (χ0n) is 11.9. The first kappa shape index (κ1) is 15.4. The van der Waals surface area contributed by atoms with Crippen LogP contribution in [-0.2, 0) is 6.61 Å². The largest absolute Gasteiger partial charge is 0.489 e. The molecule has 0 aliphatic heterocycles. The quantitative estimate of drug-likeness (QED) is 0.866. The molecule has 2 nitrogen and oxygen atoms in total. The molecule has 0 amide bonds. The maximum atomic E-state index is 8.72. The highest BCUT2D eigenvalue weighted by Crippen LogP contribution is 2.22. The van der Waals surface area contributed by atoms with Gasteiger partial charge in [-0.1, -0.05) is 35.6 Å². The van der Waals surface area contributed by atoms with E-state index in [0.717, 1.165) is 22.4 Å². The summed E-state index contributed by atoms with van der Waals surface area (Å²) < 4.78 is 5.81. The fourth-order valence-electron chi connectivity index (χ4n) is 1.90. The summed E-state index contributed by atoms with van der Waals surface area (Å²) in [4.78, 5) is 0. The van der Waals surface area contributed by atoms with Crippen molar-refractivity contribution < 1.29 is 9.84 Å². The van der Waals surface area contributed by atoms with Crippen molar-refractivity contribution in [1.29, 1.82) is 0 Å². The van der Waals surface area contributed by atoms with Gasteiger partial charge in [0.05, 0.1) is 6.61 Å². The summed E-state index contributed by atoms with van der Waals surface area (Å²) in [6.45, 7) is 2.54. The van der Waals surface area contributed by atoms with Crippen molar-refractivity contribution in [3.63, 3.8) is 0 Å². The van der Waals surface area contributed by atoms with E-state index in [9.17, 15) is 0 Å². The molecule has 1 N–H and O–H groups in total. The van der Waals surface area contributed by atoms with E-state index in [1.807, 2.05) is 49.4 Å². The average molecular weight is 301 g/mol. The van der Waals surface area contributed by atoms with Crippen LogP contribution >= 0.6 is 11.6 Å². The van der Waals surface area contributed by atoms with Gasteiger partial charge in [0.1, 0.15) is 12.4 Å². The van der Waals surface area contributed by atoms with Gasteiger partial charge in [-0.15, -0.1) is 0 Å². The normalized spacial score (nSPS) is 9.86. The second kappa shape index (κ2) is 7.73. The van der Waals surface area contributed by atoms with Crippen LogP contribution in [0.1, 0.15) is 23.1 Å². The Balaban J connectivity index is 2.03. The molecule has 3 heteroatoms. The minimum atomic E-state index is 0.0889. The van der Waals surface area contributed by atoms with Crippen molar-refractivity contribution >= 4 is 11.6 Å². The summed E-state index contributed by atoms with van der Waals surface area (Å²) >= 11 is 5.93. The summed E-state index contributed by atoms with van der Waals surface area (Å²) in [6, 6.07) is 13.5. The molecule has 0 aliphatic carbocycles. The van der Waals surface area contributed by atoms with E-state index in [1.54, 1.807) is 0 Å².